The smallest absolute Gasteiger partial charge is 0.0599 e. The van der Waals surface area contributed by atoms with Gasteiger partial charge in [-0.15, -0.1) is 0 Å². The highest BCUT2D eigenvalue weighted by Gasteiger charge is 2.13. The summed E-state index contributed by atoms with van der Waals surface area (Å²) in [5.41, 5.74) is 0.00647. The summed E-state index contributed by atoms with van der Waals surface area (Å²) in [6.07, 6.45) is 7.17. The van der Waals surface area contributed by atoms with E-state index in [1.807, 2.05) is 0 Å². The van der Waals surface area contributed by atoms with Gasteiger partial charge in [0, 0.05) is 6.54 Å². The Labute approximate surface area is 94.8 Å². The van der Waals surface area contributed by atoms with Gasteiger partial charge in [-0.3, -0.25) is 0 Å². The van der Waals surface area contributed by atoms with E-state index in [9.17, 15) is 0 Å². The van der Waals surface area contributed by atoms with E-state index < -0.39 is 0 Å². The van der Waals surface area contributed by atoms with Crippen LogP contribution in [-0.4, -0.2) is 25.3 Å². The van der Waals surface area contributed by atoms with Gasteiger partial charge in [-0.1, -0.05) is 19.3 Å². The third kappa shape index (κ3) is 6.91. The number of ether oxygens (including phenoxy) is 1. The molecule has 1 aliphatic carbocycles. The van der Waals surface area contributed by atoms with Gasteiger partial charge in [0.25, 0.3) is 0 Å². The third-order valence-corrected chi connectivity index (χ3v) is 2.97. The summed E-state index contributed by atoms with van der Waals surface area (Å²) < 4.78 is 5.66. The molecule has 1 aliphatic rings. The standard InChI is InChI=1S/C13H27NO/c1-13(2,3)15-10-9-14-11-12-7-5-4-6-8-12/h12,14H,4-11H2,1-3H3. The molecule has 0 atom stereocenters. The summed E-state index contributed by atoms with van der Waals surface area (Å²) in [7, 11) is 0. The molecule has 0 aromatic heterocycles. The van der Waals surface area contributed by atoms with Crippen molar-refractivity contribution in [3.05, 3.63) is 0 Å². The molecule has 0 radical (unpaired) electrons. The fourth-order valence-corrected chi connectivity index (χ4v) is 2.13. The normalized spacial score (nSPS) is 19.4. The highest BCUT2D eigenvalue weighted by atomic mass is 16.5. The van der Waals surface area contributed by atoms with E-state index >= 15 is 0 Å². The van der Waals surface area contributed by atoms with Crippen LogP contribution in [0.2, 0.25) is 0 Å². The second kappa shape index (κ2) is 6.49. The van der Waals surface area contributed by atoms with Crippen molar-refractivity contribution in [3.63, 3.8) is 0 Å². The second-order valence-corrected chi connectivity index (χ2v) is 5.67. The summed E-state index contributed by atoms with van der Waals surface area (Å²) in [6.45, 7) is 9.33. The van der Waals surface area contributed by atoms with E-state index in [1.165, 1.54) is 38.6 Å². The molecule has 0 aromatic rings. The zero-order chi connectivity index (χ0) is 11.1. The van der Waals surface area contributed by atoms with Gasteiger partial charge in [0.2, 0.25) is 0 Å². The molecule has 0 aromatic carbocycles. The van der Waals surface area contributed by atoms with Gasteiger partial charge in [-0.25, -0.2) is 0 Å². The van der Waals surface area contributed by atoms with Crippen LogP contribution in [0.15, 0.2) is 0 Å². The van der Waals surface area contributed by atoms with E-state index in [0.717, 1.165) is 19.1 Å². The van der Waals surface area contributed by atoms with Gasteiger partial charge >= 0.3 is 0 Å². The maximum absolute atomic E-state index is 5.66. The molecule has 15 heavy (non-hydrogen) atoms. The van der Waals surface area contributed by atoms with Crippen molar-refractivity contribution in [1.29, 1.82) is 0 Å². The Kier molecular flexibility index (Phi) is 5.62. The first-order chi connectivity index (χ1) is 7.08. The average Bonchev–Trinajstić information content (AvgIpc) is 2.17. The Hall–Kier alpha value is -0.0800. The van der Waals surface area contributed by atoms with Crippen LogP contribution in [0.3, 0.4) is 0 Å². The van der Waals surface area contributed by atoms with E-state index in [1.54, 1.807) is 0 Å². The Morgan fingerprint density at radius 3 is 2.40 bits per heavy atom. The minimum atomic E-state index is 0.00647. The molecule has 2 nitrogen and oxygen atoms in total. The molecule has 0 bridgehead atoms. The molecule has 0 aliphatic heterocycles. The molecule has 1 N–H and O–H groups in total. The molecule has 2 heteroatoms. The van der Waals surface area contributed by atoms with E-state index in [-0.39, 0.29) is 5.60 Å². The van der Waals surface area contributed by atoms with Crippen molar-refractivity contribution in [1.82, 2.24) is 5.32 Å². The molecule has 0 saturated heterocycles. The van der Waals surface area contributed by atoms with Crippen LogP contribution < -0.4 is 5.32 Å². The van der Waals surface area contributed by atoms with Crippen molar-refractivity contribution >= 4 is 0 Å². The van der Waals surface area contributed by atoms with Gasteiger partial charge in [-0.2, -0.15) is 0 Å². The minimum absolute atomic E-state index is 0.00647. The largest absolute Gasteiger partial charge is 0.375 e. The van der Waals surface area contributed by atoms with E-state index in [4.69, 9.17) is 4.74 Å². The highest BCUT2D eigenvalue weighted by Crippen LogP contribution is 2.22. The summed E-state index contributed by atoms with van der Waals surface area (Å²) in [5, 5.41) is 3.50. The Morgan fingerprint density at radius 2 is 1.80 bits per heavy atom. The summed E-state index contributed by atoms with van der Waals surface area (Å²) >= 11 is 0. The molecule has 1 rings (SSSR count). The van der Waals surface area contributed by atoms with Crippen LogP contribution >= 0.6 is 0 Å². The zero-order valence-corrected chi connectivity index (χ0v) is 10.6. The minimum Gasteiger partial charge on any atom is -0.375 e. The monoisotopic (exact) mass is 213 g/mol. The second-order valence-electron chi connectivity index (χ2n) is 5.67. The third-order valence-electron chi connectivity index (χ3n) is 2.97. The molecule has 0 heterocycles. The maximum atomic E-state index is 5.66. The lowest BCUT2D eigenvalue weighted by Gasteiger charge is -2.23. The van der Waals surface area contributed by atoms with Gasteiger partial charge < -0.3 is 10.1 Å². The van der Waals surface area contributed by atoms with Crippen LogP contribution in [-0.2, 0) is 4.74 Å². The van der Waals surface area contributed by atoms with Crippen molar-refractivity contribution in [2.75, 3.05) is 19.7 Å². The highest BCUT2D eigenvalue weighted by molar-refractivity contribution is 4.68. The molecule has 90 valence electrons. The van der Waals surface area contributed by atoms with E-state index in [2.05, 4.69) is 26.1 Å². The first-order valence-corrected chi connectivity index (χ1v) is 6.42. The summed E-state index contributed by atoms with van der Waals surface area (Å²) in [5.74, 6) is 0.924. The maximum Gasteiger partial charge on any atom is 0.0599 e. The van der Waals surface area contributed by atoms with Gasteiger partial charge in [0.05, 0.1) is 12.2 Å². The predicted molar refractivity (Wildman–Crippen MR) is 65.1 cm³/mol. The van der Waals surface area contributed by atoms with E-state index in [0.29, 0.717) is 0 Å². The van der Waals surface area contributed by atoms with Gasteiger partial charge in [-0.05, 0) is 46.1 Å². The van der Waals surface area contributed by atoms with Crippen molar-refractivity contribution in [3.8, 4) is 0 Å². The van der Waals surface area contributed by atoms with Crippen LogP contribution in [0.25, 0.3) is 0 Å². The van der Waals surface area contributed by atoms with Crippen LogP contribution in [0.4, 0.5) is 0 Å². The molecule has 0 unspecified atom stereocenters. The zero-order valence-electron chi connectivity index (χ0n) is 10.6. The van der Waals surface area contributed by atoms with Crippen molar-refractivity contribution in [2.24, 2.45) is 5.92 Å². The molecule has 1 saturated carbocycles. The first-order valence-electron chi connectivity index (χ1n) is 6.42. The molecule has 0 amide bonds. The van der Waals surface area contributed by atoms with Gasteiger partial charge in [0.1, 0.15) is 0 Å². The number of rotatable bonds is 5. The number of hydrogen-bond donors (Lipinski definition) is 1. The summed E-state index contributed by atoms with van der Waals surface area (Å²) in [6, 6.07) is 0. The Morgan fingerprint density at radius 1 is 1.13 bits per heavy atom. The van der Waals surface area contributed by atoms with Crippen molar-refractivity contribution < 1.29 is 4.74 Å². The number of nitrogens with one attached hydrogen (secondary N) is 1. The SMILES string of the molecule is CC(C)(C)OCCNCC1CCCCC1. The summed E-state index contributed by atoms with van der Waals surface area (Å²) in [4.78, 5) is 0. The molecular formula is C13H27NO. The van der Waals surface area contributed by atoms with Gasteiger partial charge in [0.15, 0.2) is 0 Å². The number of hydrogen-bond acceptors (Lipinski definition) is 2. The van der Waals surface area contributed by atoms with Crippen LogP contribution in [0.1, 0.15) is 52.9 Å². The lowest BCUT2D eigenvalue weighted by molar-refractivity contribution is -0.00110. The Balaban J connectivity index is 1.92. The van der Waals surface area contributed by atoms with Crippen molar-refractivity contribution in [2.45, 2.75) is 58.5 Å². The first kappa shape index (κ1) is 13.0. The molecule has 1 fully saturated rings. The molecular weight excluding hydrogens is 186 g/mol. The lowest BCUT2D eigenvalue weighted by atomic mass is 9.89. The molecule has 0 spiro atoms. The van der Waals surface area contributed by atoms with Crippen LogP contribution in [0.5, 0.6) is 0 Å². The predicted octanol–water partition coefficient (Wildman–Crippen LogP) is 2.97. The Bertz CT molecular complexity index is 156. The fourth-order valence-electron chi connectivity index (χ4n) is 2.13. The quantitative estimate of drug-likeness (QED) is 0.709. The topological polar surface area (TPSA) is 21.3 Å². The lowest BCUT2D eigenvalue weighted by Crippen LogP contribution is -2.30. The average molecular weight is 213 g/mol. The fraction of sp³-hybridized carbons (Fsp3) is 1.00. The van der Waals surface area contributed by atoms with Crippen LogP contribution in [0, 0.1) is 5.92 Å².